The largest absolute Gasteiger partial charge is 0.550 e. The van der Waals surface area contributed by atoms with Crippen molar-refractivity contribution in [3.63, 3.8) is 0 Å². The number of amides is 1. The van der Waals surface area contributed by atoms with E-state index in [1.54, 1.807) is 4.90 Å². The standard InChI is InChI=1S/C14H17NO3/c1-9(2)11-5-3-4-6-12(11)15-8-10(14(17)18)7-13(15)16/h3-6,9-10H,7-8H2,1-2H3,(H,17,18)/p-1/t10-/m0/s1. The molecule has 0 aliphatic carbocycles. The van der Waals surface area contributed by atoms with Crippen LogP contribution in [0.2, 0.25) is 0 Å². The van der Waals surface area contributed by atoms with E-state index in [2.05, 4.69) is 13.8 Å². The lowest BCUT2D eigenvalue weighted by Crippen LogP contribution is -2.33. The van der Waals surface area contributed by atoms with Gasteiger partial charge < -0.3 is 14.8 Å². The molecule has 1 aromatic rings. The number of aliphatic carboxylic acids is 1. The predicted octanol–water partition coefficient (Wildman–Crippen LogP) is 0.913. The highest BCUT2D eigenvalue weighted by molar-refractivity contribution is 5.99. The van der Waals surface area contributed by atoms with Gasteiger partial charge in [0.05, 0.1) is 0 Å². The highest BCUT2D eigenvalue weighted by Gasteiger charge is 2.32. The topological polar surface area (TPSA) is 60.4 Å². The fourth-order valence-corrected chi connectivity index (χ4v) is 2.32. The van der Waals surface area contributed by atoms with Crippen LogP contribution in [0.1, 0.15) is 31.7 Å². The van der Waals surface area contributed by atoms with Crippen molar-refractivity contribution in [2.75, 3.05) is 11.4 Å². The SMILES string of the molecule is CC(C)c1ccccc1N1C[C@@H](C(=O)[O-])CC1=O. The van der Waals surface area contributed by atoms with Crippen molar-refractivity contribution in [2.45, 2.75) is 26.2 Å². The van der Waals surface area contributed by atoms with Gasteiger partial charge in [-0.25, -0.2) is 0 Å². The molecule has 0 spiro atoms. The third-order valence-corrected chi connectivity index (χ3v) is 3.31. The molecule has 0 bridgehead atoms. The van der Waals surface area contributed by atoms with Gasteiger partial charge in [0.1, 0.15) is 0 Å². The average Bonchev–Trinajstić information content (AvgIpc) is 2.71. The molecule has 0 N–H and O–H groups in total. The summed E-state index contributed by atoms with van der Waals surface area (Å²) < 4.78 is 0. The van der Waals surface area contributed by atoms with E-state index in [1.807, 2.05) is 24.3 Å². The molecule has 1 saturated heterocycles. The number of carboxylic acids is 1. The second-order valence-electron chi connectivity index (χ2n) is 4.94. The Morgan fingerprint density at radius 2 is 2.06 bits per heavy atom. The molecule has 96 valence electrons. The summed E-state index contributed by atoms with van der Waals surface area (Å²) in [5.41, 5.74) is 1.88. The number of carbonyl (C=O) groups is 2. The second kappa shape index (κ2) is 4.80. The van der Waals surface area contributed by atoms with Crippen LogP contribution in [0, 0.1) is 5.92 Å². The van der Waals surface area contributed by atoms with Crippen LogP contribution in [0.4, 0.5) is 5.69 Å². The molecule has 1 aliphatic heterocycles. The Balaban J connectivity index is 2.33. The minimum absolute atomic E-state index is 0.0365. The van der Waals surface area contributed by atoms with Crippen LogP contribution >= 0.6 is 0 Å². The summed E-state index contributed by atoms with van der Waals surface area (Å²) >= 11 is 0. The van der Waals surface area contributed by atoms with Crippen molar-refractivity contribution in [1.82, 2.24) is 0 Å². The summed E-state index contributed by atoms with van der Waals surface area (Å²) in [7, 11) is 0. The zero-order valence-electron chi connectivity index (χ0n) is 10.6. The van der Waals surface area contributed by atoms with Gasteiger partial charge in [-0.15, -0.1) is 0 Å². The van der Waals surface area contributed by atoms with E-state index in [0.29, 0.717) is 0 Å². The minimum atomic E-state index is -1.15. The molecular weight excluding hydrogens is 230 g/mol. The zero-order chi connectivity index (χ0) is 13.3. The third-order valence-electron chi connectivity index (χ3n) is 3.31. The van der Waals surface area contributed by atoms with Gasteiger partial charge in [-0.1, -0.05) is 32.0 Å². The van der Waals surface area contributed by atoms with Gasteiger partial charge in [-0.05, 0) is 17.5 Å². The van der Waals surface area contributed by atoms with Gasteiger partial charge in [0.15, 0.2) is 0 Å². The Labute approximate surface area is 106 Å². The van der Waals surface area contributed by atoms with E-state index in [4.69, 9.17) is 0 Å². The number of hydrogen-bond acceptors (Lipinski definition) is 3. The summed E-state index contributed by atoms with van der Waals surface area (Å²) in [5, 5.41) is 10.9. The maximum atomic E-state index is 11.9. The lowest BCUT2D eigenvalue weighted by atomic mass is 10.0. The normalized spacial score (nSPS) is 19.6. The molecule has 1 aromatic carbocycles. The summed E-state index contributed by atoms with van der Waals surface area (Å²) in [6, 6.07) is 7.63. The van der Waals surface area contributed by atoms with E-state index in [-0.39, 0.29) is 24.8 Å². The van der Waals surface area contributed by atoms with E-state index in [9.17, 15) is 14.7 Å². The minimum Gasteiger partial charge on any atom is -0.550 e. The van der Waals surface area contributed by atoms with Gasteiger partial charge in [-0.3, -0.25) is 4.79 Å². The van der Waals surface area contributed by atoms with E-state index >= 15 is 0 Å². The van der Waals surface area contributed by atoms with Crippen molar-refractivity contribution < 1.29 is 14.7 Å². The predicted molar refractivity (Wildman–Crippen MR) is 66.0 cm³/mol. The Kier molecular flexibility index (Phi) is 3.36. The van der Waals surface area contributed by atoms with Crippen LogP contribution in [0.5, 0.6) is 0 Å². The van der Waals surface area contributed by atoms with Crippen LogP contribution in [0.25, 0.3) is 0 Å². The maximum Gasteiger partial charge on any atom is 0.227 e. The Hall–Kier alpha value is -1.84. The van der Waals surface area contributed by atoms with E-state index < -0.39 is 11.9 Å². The number of carboxylic acid groups (broad SMARTS) is 1. The lowest BCUT2D eigenvalue weighted by molar-refractivity contribution is -0.310. The molecule has 1 fully saturated rings. The van der Waals surface area contributed by atoms with Gasteiger partial charge >= 0.3 is 0 Å². The van der Waals surface area contributed by atoms with Crippen molar-refractivity contribution >= 4 is 17.6 Å². The Morgan fingerprint density at radius 3 is 2.61 bits per heavy atom. The molecule has 0 aromatic heterocycles. The summed E-state index contributed by atoms with van der Waals surface area (Å²) in [4.78, 5) is 24.3. The second-order valence-corrected chi connectivity index (χ2v) is 4.94. The molecule has 1 heterocycles. The van der Waals surface area contributed by atoms with E-state index in [0.717, 1.165) is 11.3 Å². The van der Waals surface area contributed by atoms with Crippen molar-refractivity contribution in [3.05, 3.63) is 29.8 Å². The number of anilines is 1. The molecule has 4 heteroatoms. The molecule has 0 radical (unpaired) electrons. The number of nitrogens with zero attached hydrogens (tertiary/aromatic N) is 1. The molecule has 1 atom stereocenters. The first-order chi connectivity index (χ1) is 8.50. The highest BCUT2D eigenvalue weighted by Crippen LogP contribution is 2.31. The lowest BCUT2D eigenvalue weighted by Gasteiger charge is -2.22. The summed E-state index contributed by atoms with van der Waals surface area (Å²) in [6.07, 6.45) is 0.0365. The molecule has 2 rings (SSSR count). The molecule has 4 nitrogen and oxygen atoms in total. The number of benzene rings is 1. The quantitative estimate of drug-likeness (QED) is 0.796. The molecular formula is C14H16NO3-. The zero-order valence-corrected chi connectivity index (χ0v) is 10.6. The van der Waals surface area contributed by atoms with Crippen LogP contribution in [0.3, 0.4) is 0 Å². The molecule has 0 saturated carbocycles. The van der Waals surface area contributed by atoms with Gasteiger partial charge in [0.25, 0.3) is 0 Å². The van der Waals surface area contributed by atoms with Crippen LogP contribution in [-0.2, 0) is 9.59 Å². The first kappa shape index (κ1) is 12.6. The number of para-hydroxylation sites is 1. The third kappa shape index (κ3) is 2.23. The maximum absolute atomic E-state index is 11.9. The summed E-state index contributed by atoms with van der Waals surface area (Å²) in [5.74, 6) is -1.70. The monoisotopic (exact) mass is 246 g/mol. The molecule has 0 unspecified atom stereocenters. The first-order valence-electron chi connectivity index (χ1n) is 6.11. The Bertz CT molecular complexity index is 482. The van der Waals surface area contributed by atoms with Crippen molar-refractivity contribution in [2.24, 2.45) is 5.92 Å². The van der Waals surface area contributed by atoms with Crippen LogP contribution in [-0.4, -0.2) is 18.4 Å². The van der Waals surface area contributed by atoms with Gasteiger partial charge in [-0.2, -0.15) is 0 Å². The Morgan fingerprint density at radius 1 is 1.39 bits per heavy atom. The van der Waals surface area contributed by atoms with Crippen molar-refractivity contribution in [1.29, 1.82) is 0 Å². The number of carbonyl (C=O) groups excluding carboxylic acids is 2. The fourth-order valence-electron chi connectivity index (χ4n) is 2.32. The van der Waals surface area contributed by atoms with Crippen LogP contribution in [0.15, 0.2) is 24.3 Å². The summed E-state index contributed by atoms with van der Waals surface area (Å²) in [6.45, 7) is 4.32. The van der Waals surface area contributed by atoms with Gasteiger partial charge in [0.2, 0.25) is 5.91 Å². The highest BCUT2D eigenvalue weighted by atomic mass is 16.4. The smallest absolute Gasteiger partial charge is 0.227 e. The van der Waals surface area contributed by atoms with Crippen molar-refractivity contribution in [3.8, 4) is 0 Å². The average molecular weight is 246 g/mol. The number of rotatable bonds is 3. The fraction of sp³-hybridized carbons (Fsp3) is 0.429. The number of hydrogen-bond donors (Lipinski definition) is 0. The molecule has 18 heavy (non-hydrogen) atoms. The van der Waals surface area contributed by atoms with E-state index in [1.165, 1.54) is 0 Å². The van der Waals surface area contributed by atoms with Crippen LogP contribution < -0.4 is 10.0 Å². The van der Waals surface area contributed by atoms with Gasteiger partial charge in [0, 0.05) is 30.5 Å². The molecule has 1 amide bonds. The first-order valence-corrected chi connectivity index (χ1v) is 6.11. The molecule has 1 aliphatic rings.